The highest BCUT2D eigenvalue weighted by molar-refractivity contribution is 6.66. The van der Waals surface area contributed by atoms with Crippen LogP contribution in [0.3, 0.4) is 0 Å². The van der Waals surface area contributed by atoms with Gasteiger partial charge in [-0.25, -0.2) is 9.59 Å². The number of carbonyl (C=O) groups excluding carboxylic acids is 3. The Labute approximate surface area is 171 Å². The summed E-state index contributed by atoms with van der Waals surface area (Å²) in [5.74, 6) is -1.64. The van der Waals surface area contributed by atoms with Gasteiger partial charge in [-0.05, 0) is 31.0 Å². The molecule has 164 valence electrons. The van der Waals surface area contributed by atoms with Gasteiger partial charge in [-0.1, -0.05) is 46.1 Å². The van der Waals surface area contributed by atoms with Crippen LogP contribution >= 0.6 is 11.6 Å². The van der Waals surface area contributed by atoms with Crippen molar-refractivity contribution in [3.63, 3.8) is 0 Å². The van der Waals surface area contributed by atoms with E-state index in [0.29, 0.717) is 12.8 Å². The third-order valence-corrected chi connectivity index (χ3v) is 3.87. The molecule has 0 heterocycles. The number of aliphatic hydroxyl groups excluding tert-OH is 3. The van der Waals surface area contributed by atoms with Gasteiger partial charge in [0.25, 0.3) is 0 Å². The highest BCUT2D eigenvalue weighted by Crippen LogP contribution is 2.15. The first-order chi connectivity index (χ1) is 13.1. The topological polar surface area (TPSA) is 130 Å². The highest BCUT2D eigenvalue weighted by Gasteiger charge is 2.28. The smallest absolute Gasteiger partial charge is 0.347 e. The molecule has 0 spiro atoms. The number of allylic oxidation sites excluding steroid dienone is 1. The Hall–Kier alpha value is -1.48. The molecule has 8 nitrogen and oxygen atoms in total. The molecule has 0 rings (SSSR count). The van der Waals surface area contributed by atoms with Crippen LogP contribution in [0.4, 0.5) is 0 Å². The van der Waals surface area contributed by atoms with E-state index >= 15 is 0 Å². The fourth-order valence-electron chi connectivity index (χ4n) is 1.69. The lowest BCUT2D eigenvalue weighted by Gasteiger charge is -2.24. The van der Waals surface area contributed by atoms with Gasteiger partial charge in [0, 0.05) is 5.41 Å². The molecular weight excluding hydrogens is 392 g/mol. The Balaban J connectivity index is 0. The minimum Gasteiger partial charge on any atom is -0.462 e. The number of unbranched alkanes of at least 4 members (excludes halogenated alkanes) is 3. The van der Waals surface area contributed by atoms with Gasteiger partial charge in [0.05, 0.1) is 13.2 Å². The number of halogens is 1. The maximum Gasteiger partial charge on any atom is 0.347 e. The minimum absolute atomic E-state index is 0.194. The van der Waals surface area contributed by atoms with Gasteiger partial charge in [-0.15, -0.1) is 0 Å². The van der Waals surface area contributed by atoms with Crippen molar-refractivity contribution >= 4 is 28.8 Å². The lowest BCUT2D eigenvalue weighted by molar-refractivity contribution is -0.174. The van der Waals surface area contributed by atoms with Gasteiger partial charge in [0.1, 0.15) is 6.61 Å². The van der Waals surface area contributed by atoms with Crippen LogP contribution in [-0.4, -0.2) is 64.5 Å². The summed E-state index contributed by atoms with van der Waals surface area (Å²) < 4.78 is 9.80. The van der Waals surface area contributed by atoms with Crippen LogP contribution in [0.2, 0.25) is 0 Å². The maximum absolute atomic E-state index is 11.7. The molecule has 0 aliphatic rings. The molecule has 0 radical (unpaired) electrons. The number of rotatable bonds is 13. The zero-order chi connectivity index (χ0) is 22.2. The summed E-state index contributed by atoms with van der Waals surface area (Å²) in [6, 6.07) is 0. The van der Waals surface area contributed by atoms with Gasteiger partial charge in [-0.2, -0.15) is 0 Å². The molecule has 2 atom stereocenters. The monoisotopic (exact) mass is 424 g/mol. The Morgan fingerprint density at radius 3 is 2.11 bits per heavy atom. The summed E-state index contributed by atoms with van der Waals surface area (Å²) in [6.45, 7) is 7.16. The number of ether oxygens (including phenoxy) is 2. The number of aliphatic hydroxyl groups is 3. The van der Waals surface area contributed by atoms with E-state index in [1.54, 1.807) is 6.92 Å². The standard InChI is InChI=1S/C16H30O7.C3H3ClO/c1-4-5-6-7-8-13(19)15(21)23-12(2)14(20)22-11-16(3,9-17)10-18;1-2-3(4)5/h12-13,17-19H,4-11H2,1-3H3;2H,1H2. The second kappa shape index (κ2) is 16.5. The minimum atomic E-state index is -1.25. The van der Waals surface area contributed by atoms with Crippen molar-refractivity contribution in [3.8, 4) is 0 Å². The number of hydrogen-bond acceptors (Lipinski definition) is 8. The average molecular weight is 425 g/mol. The van der Waals surface area contributed by atoms with Crippen LogP contribution in [-0.2, 0) is 23.9 Å². The predicted octanol–water partition coefficient (Wildman–Crippen LogP) is 1.72. The fourth-order valence-corrected chi connectivity index (χ4v) is 1.69. The second-order valence-electron chi connectivity index (χ2n) is 6.69. The molecule has 28 heavy (non-hydrogen) atoms. The normalized spacial score (nSPS) is 12.8. The van der Waals surface area contributed by atoms with E-state index < -0.39 is 34.8 Å². The van der Waals surface area contributed by atoms with Crippen molar-refractivity contribution in [2.24, 2.45) is 5.41 Å². The van der Waals surface area contributed by atoms with Crippen LogP contribution in [0.1, 0.15) is 52.9 Å². The molecule has 3 N–H and O–H groups in total. The van der Waals surface area contributed by atoms with Gasteiger partial charge in [0.2, 0.25) is 5.24 Å². The molecular formula is C19H33ClO8. The summed E-state index contributed by atoms with van der Waals surface area (Å²) in [4.78, 5) is 32.9. The predicted molar refractivity (Wildman–Crippen MR) is 105 cm³/mol. The van der Waals surface area contributed by atoms with E-state index in [-0.39, 0.29) is 19.8 Å². The van der Waals surface area contributed by atoms with Gasteiger partial charge < -0.3 is 24.8 Å². The second-order valence-corrected chi connectivity index (χ2v) is 7.06. The van der Waals surface area contributed by atoms with Crippen molar-refractivity contribution in [2.75, 3.05) is 19.8 Å². The van der Waals surface area contributed by atoms with E-state index in [1.807, 2.05) is 0 Å². The molecule has 0 aliphatic heterocycles. The van der Waals surface area contributed by atoms with Crippen molar-refractivity contribution < 1.29 is 39.2 Å². The van der Waals surface area contributed by atoms with Gasteiger partial charge >= 0.3 is 11.9 Å². The summed E-state index contributed by atoms with van der Waals surface area (Å²) >= 11 is 4.71. The van der Waals surface area contributed by atoms with Crippen LogP contribution in [0.15, 0.2) is 12.7 Å². The van der Waals surface area contributed by atoms with Crippen molar-refractivity contribution in [1.82, 2.24) is 0 Å². The SMILES string of the molecule is C=CC(=O)Cl.CCCCCCC(O)C(=O)OC(C)C(=O)OCC(C)(CO)CO. The molecule has 0 aromatic rings. The third-order valence-electron chi connectivity index (χ3n) is 3.71. The third kappa shape index (κ3) is 14.6. The van der Waals surface area contributed by atoms with Crippen LogP contribution in [0, 0.1) is 5.41 Å². The Morgan fingerprint density at radius 1 is 1.14 bits per heavy atom. The van der Waals surface area contributed by atoms with Crippen molar-refractivity contribution in [1.29, 1.82) is 0 Å². The molecule has 0 amide bonds. The molecule has 0 saturated carbocycles. The quantitative estimate of drug-likeness (QED) is 0.176. The first-order valence-corrected chi connectivity index (χ1v) is 9.53. The molecule has 0 bridgehead atoms. The van der Waals surface area contributed by atoms with Crippen LogP contribution < -0.4 is 0 Å². The zero-order valence-electron chi connectivity index (χ0n) is 16.9. The number of carbonyl (C=O) groups is 3. The molecule has 0 aliphatic carbocycles. The lowest BCUT2D eigenvalue weighted by atomic mass is 9.94. The number of esters is 2. The average Bonchev–Trinajstić information content (AvgIpc) is 2.69. The Morgan fingerprint density at radius 2 is 1.68 bits per heavy atom. The van der Waals surface area contributed by atoms with Crippen molar-refractivity contribution in [2.45, 2.75) is 65.1 Å². The first-order valence-electron chi connectivity index (χ1n) is 9.15. The van der Waals surface area contributed by atoms with E-state index in [9.17, 15) is 19.5 Å². The first kappa shape index (κ1) is 28.7. The molecule has 0 fully saturated rings. The Kier molecular flexibility index (Phi) is 16.9. The van der Waals surface area contributed by atoms with Crippen molar-refractivity contribution in [3.05, 3.63) is 12.7 Å². The molecule has 2 unspecified atom stereocenters. The molecule has 9 heteroatoms. The van der Waals surface area contributed by atoms with E-state index in [0.717, 1.165) is 25.3 Å². The fraction of sp³-hybridized carbons (Fsp3) is 0.737. The summed E-state index contributed by atoms with van der Waals surface area (Å²) in [5.41, 5.74) is -0.946. The number of hydrogen-bond donors (Lipinski definition) is 3. The van der Waals surface area contributed by atoms with Crippen LogP contribution in [0.25, 0.3) is 0 Å². The zero-order valence-corrected chi connectivity index (χ0v) is 17.6. The molecule has 0 saturated heterocycles. The summed E-state index contributed by atoms with van der Waals surface area (Å²) in [6.07, 6.45) is 2.68. The Bertz CT molecular complexity index is 477. The highest BCUT2D eigenvalue weighted by atomic mass is 35.5. The molecule has 0 aromatic carbocycles. The molecule has 0 aromatic heterocycles. The van der Waals surface area contributed by atoms with E-state index in [1.165, 1.54) is 6.92 Å². The van der Waals surface area contributed by atoms with E-state index in [2.05, 4.69) is 13.5 Å². The van der Waals surface area contributed by atoms with Gasteiger partial charge in [-0.3, -0.25) is 4.79 Å². The van der Waals surface area contributed by atoms with Gasteiger partial charge in [0.15, 0.2) is 12.2 Å². The summed E-state index contributed by atoms with van der Waals surface area (Å²) in [5, 5.41) is 27.4. The lowest BCUT2D eigenvalue weighted by Crippen LogP contribution is -2.36. The van der Waals surface area contributed by atoms with Crippen LogP contribution in [0.5, 0.6) is 0 Å². The van der Waals surface area contributed by atoms with E-state index in [4.69, 9.17) is 31.3 Å². The largest absolute Gasteiger partial charge is 0.462 e. The summed E-state index contributed by atoms with van der Waals surface area (Å²) in [7, 11) is 0. The maximum atomic E-state index is 11.7.